The Balaban J connectivity index is 2.28. The number of primary sulfonamides is 1. The molecule has 0 saturated carbocycles. The van der Waals surface area contributed by atoms with Crippen molar-refractivity contribution in [2.24, 2.45) is 11.1 Å². The molecule has 2 rings (SSSR count). The molecule has 0 spiro atoms. The summed E-state index contributed by atoms with van der Waals surface area (Å²) in [5.74, 6) is 0.516. The Morgan fingerprint density at radius 2 is 2.10 bits per heavy atom. The molecule has 0 amide bonds. The van der Waals surface area contributed by atoms with Crippen LogP contribution < -0.4 is 15.4 Å². The zero-order valence-electron chi connectivity index (χ0n) is 12.0. The molecule has 1 aromatic rings. The normalized spacial score (nSPS) is 21.8. The number of nitrogens with two attached hydrogens (primary N) is 1. The van der Waals surface area contributed by atoms with Crippen LogP contribution in [0.2, 0.25) is 0 Å². The Morgan fingerprint density at radius 1 is 1.40 bits per heavy atom. The van der Waals surface area contributed by atoms with Crippen LogP contribution in [0.4, 0.5) is 5.69 Å². The molecular weight excluding hydrogens is 274 g/mol. The fraction of sp³-hybridized carbons (Fsp3) is 0.571. The van der Waals surface area contributed by atoms with Crippen LogP contribution in [-0.2, 0) is 10.0 Å². The van der Waals surface area contributed by atoms with Crippen LogP contribution in [0.25, 0.3) is 0 Å². The van der Waals surface area contributed by atoms with Crippen molar-refractivity contribution in [3.63, 3.8) is 0 Å². The number of hydrogen-bond acceptors (Lipinski definition) is 4. The number of nitrogens with one attached hydrogen (secondary N) is 1. The van der Waals surface area contributed by atoms with Crippen molar-refractivity contribution in [3.05, 3.63) is 24.3 Å². The van der Waals surface area contributed by atoms with Crippen LogP contribution in [0, 0.1) is 5.92 Å². The Bertz CT molecular complexity index is 559. The second-order valence-electron chi connectivity index (χ2n) is 5.44. The van der Waals surface area contributed by atoms with Gasteiger partial charge < -0.3 is 10.2 Å². The molecule has 6 heteroatoms. The van der Waals surface area contributed by atoms with Gasteiger partial charge in [0.15, 0.2) is 0 Å². The van der Waals surface area contributed by atoms with Crippen molar-refractivity contribution < 1.29 is 8.42 Å². The smallest absolute Gasteiger partial charge is 0.240 e. The monoisotopic (exact) mass is 297 g/mol. The van der Waals surface area contributed by atoms with Crippen LogP contribution in [0.15, 0.2) is 29.2 Å². The first-order valence-electron chi connectivity index (χ1n) is 6.97. The van der Waals surface area contributed by atoms with Crippen molar-refractivity contribution in [2.75, 3.05) is 25.0 Å². The van der Waals surface area contributed by atoms with Crippen molar-refractivity contribution in [1.82, 2.24) is 5.32 Å². The average molecular weight is 297 g/mol. The molecule has 0 aromatic heterocycles. The van der Waals surface area contributed by atoms with Crippen LogP contribution in [-0.4, -0.2) is 34.6 Å². The molecule has 1 aromatic carbocycles. The number of para-hydroxylation sites is 1. The molecular formula is C14H23N3O2S. The summed E-state index contributed by atoms with van der Waals surface area (Å²) in [6.07, 6.45) is 2.23. The molecule has 0 radical (unpaired) electrons. The fourth-order valence-corrected chi connectivity index (χ4v) is 3.59. The van der Waals surface area contributed by atoms with Gasteiger partial charge in [0, 0.05) is 19.1 Å². The third-order valence-corrected chi connectivity index (χ3v) is 5.09. The minimum atomic E-state index is -3.68. The zero-order chi connectivity index (χ0) is 14.8. The lowest BCUT2D eigenvalue weighted by atomic mass is 9.91. The molecule has 0 bridgehead atoms. The second-order valence-corrected chi connectivity index (χ2v) is 6.97. The summed E-state index contributed by atoms with van der Waals surface area (Å²) in [5.41, 5.74) is 0.725. The predicted octanol–water partition coefficient (Wildman–Crippen LogP) is 1.16. The first kappa shape index (κ1) is 15.3. The fourth-order valence-electron chi connectivity index (χ4n) is 2.83. The SMILES string of the molecule is CNC(C)C1CCCN(c2ccccc2S(N)(=O)=O)C1. The van der Waals surface area contributed by atoms with E-state index in [9.17, 15) is 8.42 Å². The summed E-state index contributed by atoms with van der Waals surface area (Å²) in [6.45, 7) is 3.90. The number of sulfonamides is 1. The highest BCUT2D eigenvalue weighted by Gasteiger charge is 2.26. The molecule has 0 aliphatic carbocycles. The van der Waals surface area contributed by atoms with Gasteiger partial charge in [0.05, 0.1) is 5.69 Å². The molecule has 5 nitrogen and oxygen atoms in total. The molecule has 2 atom stereocenters. The lowest BCUT2D eigenvalue weighted by Gasteiger charge is -2.37. The first-order valence-corrected chi connectivity index (χ1v) is 8.52. The largest absolute Gasteiger partial charge is 0.370 e. The summed E-state index contributed by atoms with van der Waals surface area (Å²) >= 11 is 0. The first-order chi connectivity index (χ1) is 9.43. The molecule has 1 saturated heterocycles. The zero-order valence-corrected chi connectivity index (χ0v) is 12.9. The highest BCUT2D eigenvalue weighted by atomic mass is 32.2. The maximum atomic E-state index is 11.7. The van der Waals surface area contributed by atoms with E-state index in [1.807, 2.05) is 19.2 Å². The maximum Gasteiger partial charge on any atom is 0.240 e. The van der Waals surface area contributed by atoms with E-state index in [1.54, 1.807) is 12.1 Å². The highest BCUT2D eigenvalue weighted by molar-refractivity contribution is 7.89. The van der Waals surface area contributed by atoms with E-state index >= 15 is 0 Å². The molecule has 1 heterocycles. The second kappa shape index (κ2) is 6.11. The van der Waals surface area contributed by atoms with E-state index in [1.165, 1.54) is 0 Å². The van der Waals surface area contributed by atoms with Crippen molar-refractivity contribution in [2.45, 2.75) is 30.7 Å². The number of piperidine rings is 1. The van der Waals surface area contributed by atoms with Gasteiger partial charge in [0.1, 0.15) is 4.90 Å². The van der Waals surface area contributed by atoms with Gasteiger partial charge in [-0.25, -0.2) is 13.6 Å². The number of rotatable bonds is 4. The van der Waals surface area contributed by atoms with Crippen LogP contribution >= 0.6 is 0 Å². The van der Waals surface area contributed by atoms with Gasteiger partial charge in [-0.1, -0.05) is 12.1 Å². The van der Waals surface area contributed by atoms with E-state index in [2.05, 4.69) is 17.1 Å². The average Bonchev–Trinajstić information content (AvgIpc) is 2.45. The van der Waals surface area contributed by atoms with Gasteiger partial charge in [0.2, 0.25) is 10.0 Å². The molecule has 1 fully saturated rings. The molecule has 112 valence electrons. The quantitative estimate of drug-likeness (QED) is 0.874. The molecule has 1 aliphatic rings. The highest BCUT2D eigenvalue weighted by Crippen LogP contribution is 2.29. The molecule has 1 aliphatic heterocycles. The van der Waals surface area contributed by atoms with Gasteiger partial charge in [-0.3, -0.25) is 0 Å². The summed E-state index contributed by atoms with van der Waals surface area (Å²) in [4.78, 5) is 2.36. The van der Waals surface area contributed by atoms with E-state index in [4.69, 9.17) is 5.14 Å². The van der Waals surface area contributed by atoms with Gasteiger partial charge in [-0.15, -0.1) is 0 Å². The van der Waals surface area contributed by atoms with Crippen LogP contribution in [0.3, 0.4) is 0 Å². The topological polar surface area (TPSA) is 75.4 Å². The Labute approximate surface area is 121 Å². The number of benzene rings is 1. The summed E-state index contributed by atoms with van der Waals surface area (Å²) in [6, 6.07) is 7.40. The van der Waals surface area contributed by atoms with Gasteiger partial charge in [-0.05, 0) is 44.9 Å². The molecule has 20 heavy (non-hydrogen) atoms. The standard InChI is InChI=1S/C14H23N3O2S/c1-11(16-2)12-6-5-9-17(10-12)13-7-3-4-8-14(13)20(15,18)19/h3-4,7-8,11-12,16H,5-6,9-10H2,1-2H3,(H2,15,18,19). The Hall–Kier alpha value is -1.11. The minimum absolute atomic E-state index is 0.220. The van der Waals surface area contributed by atoms with Crippen LogP contribution in [0.1, 0.15) is 19.8 Å². The van der Waals surface area contributed by atoms with E-state index in [-0.39, 0.29) is 4.90 Å². The Morgan fingerprint density at radius 3 is 2.75 bits per heavy atom. The van der Waals surface area contributed by atoms with Crippen molar-refractivity contribution >= 4 is 15.7 Å². The number of anilines is 1. The lowest BCUT2D eigenvalue weighted by Crippen LogP contribution is -2.44. The van der Waals surface area contributed by atoms with Crippen molar-refractivity contribution in [1.29, 1.82) is 0 Å². The molecule has 3 N–H and O–H groups in total. The lowest BCUT2D eigenvalue weighted by molar-refractivity contribution is 0.332. The van der Waals surface area contributed by atoms with E-state index < -0.39 is 10.0 Å². The predicted molar refractivity (Wildman–Crippen MR) is 81.3 cm³/mol. The summed E-state index contributed by atoms with van der Waals surface area (Å²) in [7, 11) is -1.72. The number of nitrogens with zero attached hydrogens (tertiary/aromatic N) is 1. The Kier molecular flexibility index (Phi) is 4.67. The molecule has 2 unspecified atom stereocenters. The van der Waals surface area contributed by atoms with Crippen LogP contribution in [0.5, 0.6) is 0 Å². The summed E-state index contributed by atoms with van der Waals surface area (Å²) in [5, 5.41) is 8.60. The third kappa shape index (κ3) is 3.31. The van der Waals surface area contributed by atoms with E-state index in [0.717, 1.165) is 31.6 Å². The van der Waals surface area contributed by atoms with Crippen molar-refractivity contribution in [3.8, 4) is 0 Å². The minimum Gasteiger partial charge on any atom is -0.370 e. The third-order valence-electron chi connectivity index (χ3n) is 4.13. The van der Waals surface area contributed by atoms with E-state index in [0.29, 0.717) is 12.0 Å². The van der Waals surface area contributed by atoms with Gasteiger partial charge in [0.25, 0.3) is 0 Å². The maximum absolute atomic E-state index is 11.7. The van der Waals surface area contributed by atoms with Gasteiger partial charge >= 0.3 is 0 Å². The van der Waals surface area contributed by atoms with Gasteiger partial charge in [-0.2, -0.15) is 0 Å². The summed E-state index contributed by atoms with van der Waals surface area (Å²) < 4.78 is 23.4. The number of hydrogen-bond donors (Lipinski definition) is 2.